The van der Waals surface area contributed by atoms with Crippen molar-refractivity contribution in [2.24, 2.45) is 0 Å². The van der Waals surface area contributed by atoms with Gasteiger partial charge in [-0.3, -0.25) is 4.79 Å². The lowest BCUT2D eigenvalue weighted by molar-refractivity contribution is 0.0995. The molecule has 0 aliphatic heterocycles. The molecule has 0 aliphatic carbocycles. The van der Waals surface area contributed by atoms with Crippen molar-refractivity contribution in [2.75, 3.05) is 0 Å². The van der Waals surface area contributed by atoms with E-state index in [4.69, 9.17) is 5.11 Å². The minimum atomic E-state index is -0.218. The van der Waals surface area contributed by atoms with Crippen LogP contribution in [0.15, 0.2) is 23.1 Å². The van der Waals surface area contributed by atoms with E-state index in [1.165, 1.54) is 6.07 Å². The number of aromatic hydroxyl groups is 1. The Morgan fingerprint density at radius 1 is 1.62 bits per heavy atom. The molecule has 1 N–H and O–H groups in total. The number of phenols is 1. The minimum Gasteiger partial charge on any atom is -0.507 e. The van der Waals surface area contributed by atoms with Crippen molar-refractivity contribution in [1.29, 1.82) is 0 Å². The van der Waals surface area contributed by atoms with Crippen LogP contribution in [0.3, 0.4) is 0 Å². The number of halogens is 1. The SMILES string of the molecule is CC(Br)C(=O)c1ccc(O)c(S)c1. The Hall–Kier alpha value is -0.480. The summed E-state index contributed by atoms with van der Waals surface area (Å²) in [6.07, 6.45) is 0. The summed E-state index contributed by atoms with van der Waals surface area (Å²) in [5.41, 5.74) is 0.548. The molecular formula is C9H9BrO2S. The predicted octanol–water partition coefficient (Wildman–Crippen LogP) is 2.65. The first-order valence-corrected chi connectivity index (χ1v) is 5.09. The van der Waals surface area contributed by atoms with Gasteiger partial charge in [-0.2, -0.15) is 0 Å². The Kier molecular flexibility index (Phi) is 3.39. The van der Waals surface area contributed by atoms with Gasteiger partial charge in [0.2, 0.25) is 0 Å². The van der Waals surface area contributed by atoms with Crippen molar-refractivity contribution in [1.82, 2.24) is 0 Å². The van der Waals surface area contributed by atoms with E-state index in [-0.39, 0.29) is 16.4 Å². The van der Waals surface area contributed by atoms with Crippen molar-refractivity contribution in [3.8, 4) is 5.75 Å². The van der Waals surface area contributed by atoms with E-state index >= 15 is 0 Å². The average molecular weight is 261 g/mol. The van der Waals surface area contributed by atoms with Gasteiger partial charge in [0.15, 0.2) is 5.78 Å². The van der Waals surface area contributed by atoms with Crippen LogP contribution in [0.2, 0.25) is 0 Å². The average Bonchev–Trinajstić information content (AvgIpc) is 2.08. The number of hydrogen-bond donors (Lipinski definition) is 2. The smallest absolute Gasteiger partial charge is 0.176 e. The number of thiol groups is 1. The van der Waals surface area contributed by atoms with Crippen molar-refractivity contribution in [3.05, 3.63) is 23.8 Å². The van der Waals surface area contributed by atoms with E-state index in [1.54, 1.807) is 19.1 Å². The fourth-order valence-electron chi connectivity index (χ4n) is 0.906. The van der Waals surface area contributed by atoms with Gasteiger partial charge in [-0.1, -0.05) is 15.9 Å². The van der Waals surface area contributed by atoms with Crippen molar-refractivity contribution in [3.63, 3.8) is 0 Å². The van der Waals surface area contributed by atoms with Crippen molar-refractivity contribution >= 4 is 34.3 Å². The largest absolute Gasteiger partial charge is 0.507 e. The van der Waals surface area contributed by atoms with E-state index in [1.807, 2.05) is 0 Å². The quantitative estimate of drug-likeness (QED) is 0.488. The zero-order valence-electron chi connectivity index (χ0n) is 6.99. The molecule has 0 heterocycles. The van der Waals surface area contributed by atoms with E-state index < -0.39 is 0 Å². The van der Waals surface area contributed by atoms with Crippen LogP contribution < -0.4 is 0 Å². The standard InChI is InChI=1S/C9H9BrO2S/c1-5(10)9(12)6-2-3-7(11)8(13)4-6/h2-5,11,13H,1H3. The van der Waals surface area contributed by atoms with Crippen molar-refractivity contribution < 1.29 is 9.90 Å². The lowest BCUT2D eigenvalue weighted by Crippen LogP contribution is -2.09. The van der Waals surface area contributed by atoms with E-state index in [0.717, 1.165) is 0 Å². The van der Waals surface area contributed by atoms with Crippen LogP contribution in [0, 0.1) is 0 Å². The maximum absolute atomic E-state index is 11.4. The molecule has 0 saturated carbocycles. The van der Waals surface area contributed by atoms with Gasteiger partial charge in [0, 0.05) is 10.5 Å². The summed E-state index contributed by atoms with van der Waals surface area (Å²) in [5.74, 6) is 0.0670. The Balaban J connectivity index is 3.04. The molecule has 0 aliphatic rings. The second-order valence-electron chi connectivity index (χ2n) is 2.68. The Morgan fingerprint density at radius 2 is 2.23 bits per heavy atom. The first kappa shape index (κ1) is 10.6. The highest BCUT2D eigenvalue weighted by atomic mass is 79.9. The molecule has 70 valence electrons. The highest BCUT2D eigenvalue weighted by Crippen LogP contribution is 2.23. The first-order chi connectivity index (χ1) is 6.02. The number of carbonyl (C=O) groups is 1. The Labute approximate surface area is 90.5 Å². The summed E-state index contributed by atoms with van der Waals surface area (Å²) in [6.45, 7) is 1.76. The van der Waals surface area contributed by atoms with Gasteiger partial charge in [0.1, 0.15) is 5.75 Å². The predicted molar refractivity (Wildman–Crippen MR) is 58.1 cm³/mol. The molecule has 1 rings (SSSR count). The second-order valence-corrected chi connectivity index (χ2v) is 4.54. The zero-order valence-corrected chi connectivity index (χ0v) is 9.47. The molecule has 1 unspecified atom stereocenters. The summed E-state index contributed by atoms with van der Waals surface area (Å²) in [5, 5.41) is 9.16. The number of phenolic OH excluding ortho intramolecular Hbond substituents is 1. The maximum atomic E-state index is 11.4. The molecule has 0 aromatic heterocycles. The third-order valence-corrected chi connectivity index (χ3v) is 2.40. The van der Waals surface area contributed by atoms with E-state index in [0.29, 0.717) is 10.5 Å². The molecule has 0 saturated heterocycles. The monoisotopic (exact) mass is 260 g/mol. The zero-order chi connectivity index (χ0) is 10.0. The summed E-state index contributed by atoms with van der Waals surface area (Å²) in [4.78, 5) is 11.6. The number of alkyl halides is 1. The van der Waals surface area contributed by atoms with Crippen LogP contribution in [0.25, 0.3) is 0 Å². The Morgan fingerprint density at radius 3 is 2.69 bits per heavy atom. The van der Waals surface area contributed by atoms with Gasteiger partial charge < -0.3 is 5.11 Å². The summed E-state index contributed by atoms with van der Waals surface area (Å²) < 4.78 is 0. The molecule has 0 radical (unpaired) electrons. The number of rotatable bonds is 2. The minimum absolute atomic E-state index is 0.0182. The lowest BCUT2D eigenvalue weighted by Gasteiger charge is -2.04. The third kappa shape index (κ3) is 2.48. The van der Waals surface area contributed by atoms with Gasteiger partial charge >= 0.3 is 0 Å². The summed E-state index contributed by atoms with van der Waals surface area (Å²) >= 11 is 7.20. The number of hydrogen-bond acceptors (Lipinski definition) is 3. The topological polar surface area (TPSA) is 37.3 Å². The van der Waals surface area contributed by atoms with Crippen LogP contribution >= 0.6 is 28.6 Å². The summed E-state index contributed by atoms with van der Waals surface area (Å²) in [7, 11) is 0. The molecule has 0 spiro atoms. The lowest BCUT2D eigenvalue weighted by atomic mass is 10.1. The highest BCUT2D eigenvalue weighted by molar-refractivity contribution is 9.10. The molecule has 1 aromatic carbocycles. The molecule has 1 atom stereocenters. The molecule has 4 heteroatoms. The second kappa shape index (κ2) is 4.15. The van der Waals surface area contributed by atoms with Crippen molar-refractivity contribution in [2.45, 2.75) is 16.6 Å². The fourth-order valence-corrected chi connectivity index (χ4v) is 1.38. The van der Waals surface area contributed by atoms with Crippen LogP contribution in [0.1, 0.15) is 17.3 Å². The molecule has 2 nitrogen and oxygen atoms in total. The van der Waals surface area contributed by atoms with Gasteiger partial charge in [0.05, 0.1) is 4.83 Å². The van der Waals surface area contributed by atoms with E-state index in [9.17, 15) is 4.79 Å². The molecule has 0 amide bonds. The first-order valence-electron chi connectivity index (χ1n) is 3.72. The number of ketones is 1. The van der Waals surface area contributed by atoms with Gasteiger partial charge in [0.25, 0.3) is 0 Å². The van der Waals surface area contributed by atoms with Crippen LogP contribution in [0.4, 0.5) is 0 Å². The molecule has 0 bridgehead atoms. The van der Waals surface area contributed by atoms with Gasteiger partial charge in [-0.15, -0.1) is 12.6 Å². The normalized spacial score (nSPS) is 12.5. The number of carbonyl (C=O) groups excluding carboxylic acids is 1. The molecule has 1 aromatic rings. The summed E-state index contributed by atoms with van der Waals surface area (Å²) in [6, 6.07) is 4.60. The van der Waals surface area contributed by atoms with Gasteiger partial charge in [-0.05, 0) is 25.1 Å². The molecule has 0 fully saturated rings. The molecular weight excluding hydrogens is 252 g/mol. The van der Waals surface area contributed by atoms with Crippen LogP contribution in [0.5, 0.6) is 5.75 Å². The molecule has 13 heavy (non-hydrogen) atoms. The van der Waals surface area contributed by atoms with Gasteiger partial charge in [-0.25, -0.2) is 0 Å². The van der Waals surface area contributed by atoms with E-state index in [2.05, 4.69) is 28.6 Å². The Bertz CT molecular complexity index is 336. The highest BCUT2D eigenvalue weighted by Gasteiger charge is 2.12. The fraction of sp³-hybridized carbons (Fsp3) is 0.222. The van der Waals surface area contributed by atoms with Crippen LogP contribution in [-0.4, -0.2) is 15.7 Å². The third-order valence-electron chi connectivity index (χ3n) is 1.62. The maximum Gasteiger partial charge on any atom is 0.176 e. The number of Topliss-reactive ketones (excluding diaryl/α,β-unsaturated/α-hetero) is 1. The number of benzene rings is 1. The van der Waals surface area contributed by atoms with Crippen LogP contribution in [-0.2, 0) is 0 Å².